The number of hydroxylamine groups is 2. The molecule has 1 aliphatic carbocycles. The van der Waals surface area contributed by atoms with Crippen molar-refractivity contribution in [2.45, 2.75) is 37.5 Å². The second kappa shape index (κ2) is 6.89. The molecule has 2 amide bonds. The Morgan fingerprint density at radius 3 is 2.82 bits per heavy atom. The molecule has 3 aliphatic rings. The summed E-state index contributed by atoms with van der Waals surface area (Å²) < 4.78 is 41.4. The van der Waals surface area contributed by atoms with Gasteiger partial charge in [-0.05, 0) is 24.7 Å². The van der Waals surface area contributed by atoms with Crippen LogP contribution in [-0.2, 0) is 14.7 Å². The maximum Gasteiger partial charge on any atom is 0.418 e. The number of aliphatic hydroxyl groups excluding tert-OH is 1. The molecule has 1 saturated carbocycles. The van der Waals surface area contributed by atoms with Crippen molar-refractivity contribution in [2.75, 3.05) is 26.2 Å². The monoisotopic (exact) mass is 418 g/mol. The number of nitrogens with two attached hydrogens (primary N) is 1. The van der Waals surface area contributed by atoms with E-state index in [2.05, 4.69) is 19.8 Å². The Morgan fingerprint density at radius 1 is 1.43 bits per heavy atom. The van der Waals surface area contributed by atoms with Crippen molar-refractivity contribution in [1.29, 1.82) is 0 Å². The quantitative estimate of drug-likeness (QED) is 0.291. The van der Waals surface area contributed by atoms with E-state index in [9.17, 15) is 18.3 Å². The van der Waals surface area contributed by atoms with Gasteiger partial charge in [0.1, 0.15) is 12.1 Å². The fourth-order valence-electron chi connectivity index (χ4n) is 3.98. The highest BCUT2D eigenvalue weighted by Crippen LogP contribution is 2.61. The van der Waals surface area contributed by atoms with Gasteiger partial charge in [0, 0.05) is 26.2 Å². The average Bonchev–Trinajstić information content (AvgIpc) is 3.12. The number of nitrogens with one attached hydrogen (secondary N) is 1. The Kier molecular flexibility index (Phi) is 4.79. The van der Waals surface area contributed by atoms with E-state index < -0.39 is 34.6 Å². The largest absolute Gasteiger partial charge is 0.420 e. The first-order valence-corrected chi connectivity index (χ1v) is 10.3. The third-order valence-electron chi connectivity index (χ3n) is 5.52. The van der Waals surface area contributed by atoms with Gasteiger partial charge in [-0.1, -0.05) is 0 Å². The summed E-state index contributed by atoms with van der Waals surface area (Å²) in [7, 11) is -4.82. The summed E-state index contributed by atoms with van der Waals surface area (Å²) in [5, 5.41) is 21.6. The van der Waals surface area contributed by atoms with Gasteiger partial charge < -0.3 is 25.5 Å². The van der Waals surface area contributed by atoms with Crippen molar-refractivity contribution >= 4 is 16.4 Å². The summed E-state index contributed by atoms with van der Waals surface area (Å²) in [6, 6.07) is -1.74. The molecule has 5 N–H and O–H groups in total. The molecule has 0 unspecified atom stereocenters. The zero-order valence-corrected chi connectivity index (χ0v) is 15.7. The minimum atomic E-state index is -4.82. The molecule has 3 heterocycles. The van der Waals surface area contributed by atoms with Crippen LogP contribution < -0.4 is 11.1 Å². The molecule has 1 aromatic rings. The Balaban J connectivity index is 1.53. The molecule has 3 atom stereocenters. The Labute approximate surface area is 160 Å². The predicted molar refractivity (Wildman–Crippen MR) is 90.6 cm³/mol. The lowest BCUT2D eigenvalue weighted by molar-refractivity contribution is -0.0530. The highest BCUT2D eigenvalue weighted by molar-refractivity contribution is 7.80. The second-order valence-electron chi connectivity index (χ2n) is 7.35. The van der Waals surface area contributed by atoms with Crippen molar-refractivity contribution in [1.82, 2.24) is 25.5 Å². The maximum absolute atomic E-state index is 12.7. The highest BCUT2D eigenvalue weighted by atomic mass is 32.3. The highest BCUT2D eigenvalue weighted by Gasteiger charge is 2.64. The van der Waals surface area contributed by atoms with Crippen LogP contribution >= 0.6 is 0 Å². The van der Waals surface area contributed by atoms with Crippen molar-refractivity contribution in [2.24, 2.45) is 11.1 Å². The summed E-state index contributed by atoms with van der Waals surface area (Å²) in [6.45, 7) is 1.36. The molecule has 2 saturated heterocycles. The van der Waals surface area contributed by atoms with Crippen LogP contribution in [0.1, 0.15) is 43.2 Å². The molecule has 13 nitrogen and oxygen atoms in total. The molecule has 156 valence electrons. The third kappa shape index (κ3) is 3.46. The van der Waals surface area contributed by atoms with E-state index in [0.29, 0.717) is 19.5 Å². The predicted octanol–water partition coefficient (Wildman–Crippen LogP) is -1.28. The van der Waals surface area contributed by atoms with Crippen molar-refractivity contribution in [3.8, 4) is 0 Å². The van der Waals surface area contributed by atoms with Crippen LogP contribution in [0, 0.1) is 5.41 Å². The van der Waals surface area contributed by atoms with Crippen molar-refractivity contribution in [3.05, 3.63) is 11.8 Å². The Bertz CT molecular complexity index is 856. The van der Waals surface area contributed by atoms with E-state index in [4.69, 9.17) is 14.7 Å². The number of urea groups is 1. The molecule has 28 heavy (non-hydrogen) atoms. The molecule has 0 radical (unpaired) electrons. The lowest BCUT2D eigenvalue weighted by atomic mass is 9.85. The number of amides is 2. The number of nitrogens with zero attached hydrogens (tertiary/aromatic N) is 4. The molecule has 1 spiro atoms. The fourth-order valence-corrected chi connectivity index (χ4v) is 4.35. The number of aromatic nitrogens is 2. The molecule has 3 fully saturated rings. The van der Waals surface area contributed by atoms with Gasteiger partial charge in [0.05, 0.1) is 6.04 Å². The van der Waals surface area contributed by atoms with Gasteiger partial charge in [0.2, 0.25) is 11.8 Å². The molecular formula is C14H22N6O7S. The van der Waals surface area contributed by atoms with Crippen LogP contribution in [0.4, 0.5) is 4.79 Å². The smallest absolute Gasteiger partial charge is 0.418 e. The molecule has 1 aromatic heterocycles. The topological polar surface area (TPSA) is 184 Å². The van der Waals surface area contributed by atoms with Gasteiger partial charge in [-0.3, -0.25) is 4.55 Å². The molecule has 2 bridgehead atoms. The van der Waals surface area contributed by atoms with Gasteiger partial charge in [-0.15, -0.1) is 14.5 Å². The molecular weight excluding hydrogens is 396 g/mol. The summed E-state index contributed by atoms with van der Waals surface area (Å²) in [5.74, 6) is 0.184. The van der Waals surface area contributed by atoms with Gasteiger partial charge in [0.15, 0.2) is 0 Å². The van der Waals surface area contributed by atoms with Crippen LogP contribution in [0.5, 0.6) is 0 Å². The number of fused-ring (bicyclic) bond motifs is 3. The molecule has 0 aromatic carbocycles. The van der Waals surface area contributed by atoms with E-state index in [1.807, 2.05) is 0 Å². The minimum absolute atomic E-state index is 0.0178. The third-order valence-corrected chi connectivity index (χ3v) is 5.87. The normalized spacial score (nSPS) is 26.9. The first-order valence-electron chi connectivity index (χ1n) is 8.93. The standard InChI is InChI=1S/C14H22N6O7S/c15-3-4-16-6-9(21)12-18-17-11(26-12)8-5-14(1-2-14)10-7-19(8)13(22)20(10)27-28(23,24)25/h8-10,16,21H,1-7,15H2,(H,23,24,25)/t8-,9+,10-/m0/s1. The first kappa shape index (κ1) is 19.5. The van der Waals surface area contributed by atoms with Crippen molar-refractivity contribution in [3.63, 3.8) is 0 Å². The van der Waals surface area contributed by atoms with Crippen LogP contribution in [-0.4, -0.2) is 76.5 Å². The first-order chi connectivity index (χ1) is 13.2. The zero-order valence-electron chi connectivity index (χ0n) is 14.9. The average molecular weight is 418 g/mol. The summed E-state index contributed by atoms with van der Waals surface area (Å²) >= 11 is 0. The van der Waals surface area contributed by atoms with Crippen LogP contribution in [0.2, 0.25) is 0 Å². The lowest BCUT2D eigenvalue weighted by Gasteiger charge is -2.34. The number of carbonyl (C=O) groups is 1. The number of aliphatic hydroxyl groups is 1. The van der Waals surface area contributed by atoms with E-state index in [1.54, 1.807) is 0 Å². The number of hydrogen-bond donors (Lipinski definition) is 4. The van der Waals surface area contributed by atoms with Gasteiger partial charge in [-0.2, -0.15) is 13.5 Å². The van der Waals surface area contributed by atoms with E-state index >= 15 is 0 Å². The number of rotatable bonds is 8. The fraction of sp³-hybridized carbons (Fsp3) is 0.786. The van der Waals surface area contributed by atoms with Crippen LogP contribution in [0.25, 0.3) is 0 Å². The lowest BCUT2D eigenvalue weighted by Crippen LogP contribution is -2.43. The number of piperidine rings is 1. The second-order valence-corrected chi connectivity index (χ2v) is 8.35. The van der Waals surface area contributed by atoms with E-state index in [0.717, 1.165) is 17.9 Å². The number of carbonyl (C=O) groups excluding carboxylic acids is 1. The summed E-state index contributed by atoms with van der Waals surface area (Å²) in [4.78, 5) is 14.1. The molecule has 14 heteroatoms. The van der Waals surface area contributed by atoms with Gasteiger partial charge in [0.25, 0.3) is 0 Å². The maximum atomic E-state index is 12.7. The zero-order chi connectivity index (χ0) is 20.1. The van der Waals surface area contributed by atoms with Gasteiger partial charge >= 0.3 is 16.4 Å². The van der Waals surface area contributed by atoms with Gasteiger partial charge in [-0.25, -0.2) is 4.79 Å². The van der Waals surface area contributed by atoms with E-state index in [-0.39, 0.29) is 30.3 Å². The van der Waals surface area contributed by atoms with E-state index in [1.165, 1.54) is 4.90 Å². The Morgan fingerprint density at radius 2 is 2.18 bits per heavy atom. The van der Waals surface area contributed by atoms with Crippen LogP contribution in [0.15, 0.2) is 4.42 Å². The summed E-state index contributed by atoms with van der Waals surface area (Å²) in [5.41, 5.74) is 5.06. The SMILES string of the molecule is NCCNC[C@@H](O)c1nnc([C@@H]2CC3(CC3)[C@@H]3CN2C(=O)N3OS(=O)(=O)O)o1. The summed E-state index contributed by atoms with van der Waals surface area (Å²) in [6.07, 6.45) is 1.05. The minimum Gasteiger partial charge on any atom is -0.420 e. The molecule has 2 aliphatic heterocycles. The molecule has 4 rings (SSSR count). The van der Waals surface area contributed by atoms with Crippen LogP contribution in [0.3, 0.4) is 0 Å². The van der Waals surface area contributed by atoms with Crippen molar-refractivity contribution < 1.29 is 31.6 Å². The number of hydrogen-bond acceptors (Lipinski definition) is 10. The Hall–Kier alpha value is -1.84.